The molecule has 4 aromatic rings. The fourth-order valence-electron chi connectivity index (χ4n) is 3.74. The van der Waals surface area contributed by atoms with Crippen LogP contribution in [0.3, 0.4) is 0 Å². The fourth-order valence-corrected chi connectivity index (χ4v) is 4.66. The Bertz CT molecular complexity index is 1530. The Morgan fingerprint density at radius 3 is 2.38 bits per heavy atom. The number of hydrogen-bond acceptors (Lipinski definition) is 7. The molecule has 1 aliphatic heterocycles. The monoisotopic (exact) mass is 530 g/mol. The zero-order valence-corrected chi connectivity index (χ0v) is 21.0. The smallest absolute Gasteiger partial charge is 0.283 e. The number of carbonyl (C=O) groups excluding carboxylic acids is 3. The van der Waals surface area contributed by atoms with Crippen LogP contribution in [-0.2, 0) is 9.59 Å². The molecule has 0 atom stereocenters. The number of hydrogen-bond donors (Lipinski definition) is 2. The maximum Gasteiger partial charge on any atom is 0.283 e. The van der Waals surface area contributed by atoms with Gasteiger partial charge in [0.2, 0.25) is 0 Å². The molecule has 3 aromatic carbocycles. The van der Waals surface area contributed by atoms with Gasteiger partial charge < -0.3 is 10.1 Å². The number of aromatic nitrogens is 1. The molecule has 0 bridgehead atoms. The van der Waals surface area contributed by atoms with Crippen molar-refractivity contribution in [2.45, 2.75) is 0 Å². The predicted octanol–water partition coefficient (Wildman–Crippen LogP) is 5.51. The summed E-state index contributed by atoms with van der Waals surface area (Å²) in [4.78, 5) is 44.0. The Labute approximate surface area is 221 Å². The number of benzene rings is 3. The van der Waals surface area contributed by atoms with Crippen molar-refractivity contribution < 1.29 is 19.1 Å². The van der Waals surface area contributed by atoms with Gasteiger partial charge in [0.25, 0.3) is 17.7 Å². The summed E-state index contributed by atoms with van der Waals surface area (Å²) < 4.78 is 5.28. The molecule has 0 unspecified atom stereocenters. The van der Waals surface area contributed by atoms with E-state index in [4.69, 9.17) is 16.3 Å². The third-order valence-corrected chi connectivity index (χ3v) is 6.67. The van der Waals surface area contributed by atoms with Crippen LogP contribution in [-0.4, -0.2) is 29.8 Å². The summed E-state index contributed by atoms with van der Waals surface area (Å²) in [6.45, 7) is 0. The first-order valence-corrected chi connectivity index (χ1v) is 12.3. The van der Waals surface area contributed by atoms with Gasteiger partial charge in [-0.15, -0.1) is 11.3 Å². The lowest BCUT2D eigenvalue weighted by molar-refractivity contribution is -0.120. The minimum Gasteiger partial charge on any atom is -0.495 e. The van der Waals surface area contributed by atoms with E-state index in [2.05, 4.69) is 15.6 Å². The van der Waals surface area contributed by atoms with Gasteiger partial charge in [0.15, 0.2) is 5.13 Å². The number of halogens is 1. The van der Waals surface area contributed by atoms with Crippen LogP contribution in [0.25, 0.3) is 11.3 Å². The van der Waals surface area contributed by atoms with Gasteiger partial charge >= 0.3 is 0 Å². The first-order chi connectivity index (χ1) is 18.0. The standard InChI is InChI=1S/C27H19ClN4O4S/c1-36-21-10-6-5-9-20(21)32-25(34)22(28)23(26(32)35)29-18-13-11-17(12-14-18)24(33)31-27-30-19(15-37-27)16-7-3-2-4-8-16/h2-15,29H,1H3,(H,30,31,33). The largest absolute Gasteiger partial charge is 0.495 e. The number of thiazole rings is 1. The summed E-state index contributed by atoms with van der Waals surface area (Å²) >= 11 is 7.56. The summed E-state index contributed by atoms with van der Waals surface area (Å²) in [7, 11) is 1.45. The lowest BCUT2D eigenvalue weighted by Crippen LogP contribution is -2.32. The van der Waals surface area contributed by atoms with E-state index in [1.807, 2.05) is 35.7 Å². The Kier molecular flexibility index (Phi) is 6.72. The molecule has 1 aliphatic rings. The number of nitrogens with one attached hydrogen (secondary N) is 2. The number of nitrogens with zero attached hydrogens (tertiary/aromatic N) is 2. The van der Waals surface area contributed by atoms with Gasteiger partial charge in [0.1, 0.15) is 16.5 Å². The molecule has 184 valence electrons. The van der Waals surface area contributed by atoms with E-state index in [0.717, 1.165) is 16.2 Å². The Morgan fingerprint density at radius 1 is 0.946 bits per heavy atom. The third-order valence-electron chi connectivity index (χ3n) is 5.56. The predicted molar refractivity (Wildman–Crippen MR) is 144 cm³/mol. The molecule has 1 aromatic heterocycles. The highest BCUT2D eigenvalue weighted by molar-refractivity contribution is 7.14. The Hall–Kier alpha value is -4.47. The highest BCUT2D eigenvalue weighted by Crippen LogP contribution is 2.35. The van der Waals surface area contributed by atoms with Crippen molar-refractivity contribution in [3.63, 3.8) is 0 Å². The number of anilines is 3. The maximum atomic E-state index is 13.1. The van der Waals surface area contributed by atoms with Crippen LogP contribution >= 0.6 is 22.9 Å². The van der Waals surface area contributed by atoms with Crippen LogP contribution < -0.4 is 20.3 Å². The third kappa shape index (κ3) is 4.82. The summed E-state index contributed by atoms with van der Waals surface area (Å²) in [5.74, 6) is -1.24. The van der Waals surface area contributed by atoms with Gasteiger partial charge in [-0.1, -0.05) is 54.1 Å². The molecule has 0 aliphatic carbocycles. The lowest BCUT2D eigenvalue weighted by Gasteiger charge is -2.17. The number of amides is 3. The van der Waals surface area contributed by atoms with Crippen molar-refractivity contribution in [1.29, 1.82) is 0 Å². The van der Waals surface area contributed by atoms with E-state index in [9.17, 15) is 14.4 Å². The molecular weight excluding hydrogens is 512 g/mol. The topological polar surface area (TPSA) is 101 Å². The minimum absolute atomic E-state index is 0.0639. The number of methoxy groups -OCH3 is 1. The van der Waals surface area contributed by atoms with Crippen LogP contribution in [0.2, 0.25) is 0 Å². The van der Waals surface area contributed by atoms with Crippen LogP contribution in [0.15, 0.2) is 95.0 Å². The zero-order valence-electron chi connectivity index (χ0n) is 19.4. The number of para-hydroxylation sites is 2. The maximum absolute atomic E-state index is 13.1. The van der Waals surface area contributed by atoms with E-state index in [-0.39, 0.29) is 16.6 Å². The van der Waals surface area contributed by atoms with Crippen molar-refractivity contribution >= 4 is 57.2 Å². The van der Waals surface area contributed by atoms with Crippen LogP contribution in [0.5, 0.6) is 5.75 Å². The molecule has 0 radical (unpaired) electrons. The van der Waals surface area contributed by atoms with Crippen LogP contribution in [0, 0.1) is 0 Å². The average Bonchev–Trinajstić information content (AvgIpc) is 3.48. The molecule has 0 saturated carbocycles. The molecule has 37 heavy (non-hydrogen) atoms. The average molecular weight is 531 g/mol. The van der Waals surface area contributed by atoms with Gasteiger partial charge in [-0.05, 0) is 36.4 Å². The van der Waals surface area contributed by atoms with E-state index in [1.165, 1.54) is 18.4 Å². The van der Waals surface area contributed by atoms with Crippen LogP contribution in [0.4, 0.5) is 16.5 Å². The Morgan fingerprint density at radius 2 is 1.65 bits per heavy atom. The lowest BCUT2D eigenvalue weighted by atomic mass is 10.2. The molecule has 0 fully saturated rings. The molecule has 0 spiro atoms. The molecular formula is C27H19ClN4O4S. The highest BCUT2D eigenvalue weighted by atomic mass is 35.5. The first kappa shape index (κ1) is 24.2. The molecule has 2 heterocycles. The van der Waals surface area contributed by atoms with Crippen molar-refractivity contribution in [3.05, 3.63) is 101 Å². The second-order valence-corrected chi connectivity index (χ2v) is 9.10. The summed E-state index contributed by atoms with van der Waals surface area (Å²) in [5.41, 5.74) is 2.85. The van der Waals surface area contributed by atoms with Gasteiger partial charge in [-0.2, -0.15) is 0 Å². The minimum atomic E-state index is -0.659. The number of imide groups is 1. The fraction of sp³-hybridized carbons (Fsp3) is 0.0370. The van der Waals surface area contributed by atoms with Gasteiger partial charge in [-0.25, -0.2) is 9.88 Å². The van der Waals surface area contributed by atoms with Crippen molar-refractivity contribution in [3.8, 4) is 17.0 Å². The second-order valence-electron chi connectivity index (χ2n) is 7.87. The van der Waals surface area contributed by atoms with E-state index in [1.54, 1.807) is 48.5 Å². The number of carbonyl (C=O) groups is 3. The van der Waals surface area contributed by atoms with Gasteiger partial charge in [-0.3, -0.25) is 19.7 Å². The Balaban J connectivity index is 1.27. The summed E-state index contributed by atoms with van der Waals surface area (Å²) in [6, 6.07) is 22.8. The summed E-state index contributed by atoms with van der Waals surface area (Å²) in [6.07, 6.45) is 0. The first-order valence-electron chi connectivity index (χ1n) is 11.1. The van der Waals surface area contributed by atoms with Gasteiger partial charge in [0, 0.05) is 22.2 Å². The molecule has 3 amide bonds. The molecule has 0 saturated heterocycles. The van der Waals surface area contributed by atoms with E-state index in [0.29, 0.717) is 27.8 Å². The highest BCUT2D eigenvalue weighted by Gasteiger charge is 2.40. The quantitative estimate of drug-likeness (QED) is 0.306. The molecule has 10 heteroatoms. The normalized spacial score (nSPS) is 13.2. The molecule has 5 rings (SSSR count). The molecule has 2 N–H and O–H groups in total. The van der Waals surface area contributed by atoms with Crippen molar-refractivity contribution in [2.75, 3.05) is 22.6 Å². The van der Waals surface area contributed by atoms with Crippen molar-refractivity contribution in [1.82, 2.24) is 4.98 Å². The van der Waals surface area contributed by atoms with Crippen LogP contribution in [0.1, 0.15) is 10.4 Å². The second kappa shape index (κ2) is 10.3. The summed E-state index contributed by atoms with van der Waals surface area (Å²) in [5, 5.41) is 7.81. The number of ether oxygens (including phenoxy) is 1. The van der Waals surface area contributed by atoms with Gasteiger partial charge in [0.05, 0.1) is 18.5 Å². The van der Waals surface area contributed by atoms with E-state index < -0.39 is 11.8 Å². The molecule has 8 nitrogen and oxygen atoms in total. The van der Waals surface area contributed by atoms with E-state index >= 15 is 0 Å². The SMILES string of the molecule is COc1ccccc1N1C(=O)C(Cl)=C(Nc2ccc(C(=O)Nc3nc(-c4ccccc4)cs3)cc2)C1=O. The number of rotatable bonds is 7. The zero-order chi connectivity index (χ0) is 25.9. The van der Waals surface area contributed by atoms with Crippen molar-refractivity contribution in [2.24, 2.45) is 0 Å².